The number of allylic oxidation sites excluding steroid dienone is 1. The normalized spacial score (nSPS) is 10.9. The van der Waals surface area contributed by atoms with E-state index in [2.05, 4.69) is 56.0 Å². The molecule has 70 valence electrons. The van der Waals surface area contributed by atoms with Crippen LogP contribution in [0, 0.1) is 0 Å². The Morgan fingerprint density at radius 2 is 2.08 bits per heavy atom. The standard InChI is InChI=1S/C12H16S/c1-2-11-7-3-4-8-12(11)9-5-6-10-13/h3-5,7-9,13H,2,6,10H2,1H3. The van der Waals surface area contributed by atoms with E-state index in [1.165, 1.54) is 11.1 Å². The summed E-state index contributed by atoms with van der Waals surface area (Å²) in [6, 6.07) is 8.52. The van der Waals surface area contributed by atoms with E-state index in [4.69, 9.17) is 0 Å². The van der Waals surface area contributed by atoms with Gasteiger partial charge in [0.2, 0.25) is 0 Å². The highest BCUT2D eigenvalue weighted by Crippen LogP contribution is 2.11. The van der Waals surface area contributed by atoms with Crippen molar-refractivity contribution in [3.05, 3.63) is 41.5 Å². The van der Waals surface area contributed by atoms with Gasteiger partial charge in [0.1, 0.15) is 0 Å². The zero-order valence-electron chi connectivity index (χ0n) is 8.03. The van der Waals surface area contributed by atoms with Crippen LogP contribution in [0.3, 0.4) is 0 Å². The van der Waals surface area contributed by atoms with Crippen LogP contribution in [0.15, 0.2) is 30.3 Å². The Morgan fingerprint density at radius 1 is 1.31 bits per heavy atom. The fourth-order valence-corrected chi connectivity index (χ4v) is 1.45. The Morgan fingerprint density at radius 3 is 2.77 bits per heavy atom. The van der Waals surface area contributed by atoms with E-state index in [9.17, 15) is 0 Å². The molecule has 0 fully saturated rings. The van der Waals surface area contributed by atoms with Gasteiger partial charge in [0.25, 0.3) is 0 Å². The van der Waals surface area contributed by atoms with Gasteiger partial charge in [0, 0.05) is 0 Å². The molecular formula is C12H16S. The molecule has 1 heteroatoms. The largest absolute Gasteiger partial charge is 0.179 e. The summed E-state index contributed by atoms with van der Waals surface area (Å²) in [5, 5.41) is 0. The zero-order chi connectivity index (χ0) is 9.52. The second-order valence-corrected chi connectivity index (χ2v) is 3.41. The maximum absolute atomic E-state index is 4.16. The summed E-state index contributed by atoms with van der Waals surface area (Å²) in [5.41, 5.74) is 2.75. The van der Waals surface area contributed by atoms with Crippen LogP contribution < -0.4 is 0 Å². The monoisotopic (exact) mass is 192 g/mol. The summed E-state index contributed by atoms with van der Waals surface area (Å²) in [6.45, 7) is 2.19. The lowest BCUT2D eigenvalue weighted by molar-refractivity contribution is 1.13. The summed E-state index contributed by atoms with van der Waals surface area (Å²) in [7, 11) is 0. The van der Waals surface area contributed by atoms with E-state index in [0.717, 1.165) is 18.6 Å². The highest BCUT2D eigenvalue weighted by molar-refractivity contribution is 7.80. The zero-order valence-corrected chi connectivity index (χ0v) is 8.93. The van der Waals surface area contributed by atoms with Crippen molar-refractivity contribution in [1.82, 2.24) is 0 Å². The molecule has 0 saturated heterocycles. The first kappa shape index (κ1) is 10.4. The van der Waals surface area contributed by atoms with Gasteiger partial charge < -0.3 is 0 Å². The van der Waals surface area contributed by atoms with Crippen LogP contribution >= 0.6 is 12.6 Å². The number of thiol groups is 1. The van der Waals surface area contributed by atoms with Gasteiger partial charge in [-0.25, -0.2) is 0 Å². The maximum atomic E-state index is 4.16. The number of benzene rings is 1. The minimum atomic E-state index is 0.921. The number of rotatable bonds is 4. The number of hydrogen-bond acceptors (Lipinski definition) is 1. The van der Waals surface area contributed by atoms with E-state index in [-0.39, 0.29) is 0 Å². The molecule has 0 N–H and O–H groups in total. The third-order valence-electron chi connectivity index (χ3n) is 2.03. The van der Waals surface area contributed by atoms with Crippen LogP contribution in [0.4, 0.5) is 0 Å². The maximum Gasteiger partial charge on any atom is -0.00632 e. The molecule has 13 heavy (non-hydrogen) atoms. The molecule has 0 radical (unpaired) electrons. The van der Waals surface area contributed by atoms with E-state index in [1.54, 1.807) is 0 Å². The lowest BCUT2D eigenvalue weighted by atomic mass is 10.0. The first-order valence-electron chi connectivity index (χ1n) is 4.73. The molecule has 0 aromatic heterocycles. The lowest BCUT2D eigenvalue weighted by Crippen LogP contribution is -1.84. The highest BCUT2D eigenvalue weighted by atomic mass is 32.1. The summed E-state index contributed by atoms with van der Waals surface area (Å²) >= 11 is 4.16. The van der Waals surface area contributed by atoms with Gasteiger partial charge >= 0.3 is 0 Å². The van der Waals surface area contributed by atoms with E-state index in [1.807, 2.05) is 0 Å². The molecule has 0 spiro atoms. The lowest BCUT2D eigenvalue weighted by Gasteiger charge is -2.01. The highest BCUT2D eigenvalue weighted by Gasteiger charge is 1.93. The molecule has 0 aliphatic heterocycles. The molecule has 1 aromatic carbocycles. The van der Waals surface area contributed by atoms with E-state index >= 15 is 0 Å². The van der Waals surface area contributed by atoms with E-state index in [0.29, 0.717) is 0 Å². The predicted molar refractivity (Wildman–Crippen MR) is 63.3 cm³/mol. The predicted octanol–water partition coefficient (Wildman–Crippen LogP) is 3.58. The quantitative estimate of drug-likeness (QED) is 0.693. The first-order chi connectivity index (χ1) is 6.38. The second kappa shape index (κ2) is 5.87. The SMILES string of the molecule is CCc1ccccc1C=CCCS. The average Bonchev–Trinajstić information content (AvgIpc) is 2.19. The van der Waals surface area contributed by atoms with Crippen molar-refractivity contribution >= 4 is 18.7 Å². The minimum Gasteiger partial charge on any atom is -0.179 e. The molecule has 0 heterocycles. The van der Waals surface area contributed by atoms with Crippen molar-refractivity contribution in [2.24, 2.45) is 0 Å². The third-order valence-corrected chi connectivity index (χ3v) is 2.29. The second-order valence-electron chi connectivity index (χ2n) is 2.97. The molecular weight excluding hydrogens is 176 g/mol. The van der Waals surface area contributed by atoms with Crippen LogP contribution in [0.5, 0.6) is 0 Å². The van der Waals surface area contributed by atoms with Gasteiger partial charge in [-0.1, -0.05) is 43.3 Å². The molecule has 1 rings (SSSR count). The summed E-state index contributed by atoms with van der Waals surface area (Å²) < 4.78 is 0. The van der Waals surface area contributed by atoms with Crippen LogP contribution in [-0.4, -0.2) is 5.75 Å². The third kappa shape index (κ3) is 3.27. The first-order valence-corrected chi connectivity index (χ1v) is 5.37. The van der Waals surface area contributed by atoms with Crippen molar-refractivity contribution in [3.8, 4) is 0 Å². The van der Waals surface area contributed by atoms with Crippen molar-refractivity contribution in [2.75, 3.05) is 5.75 Å². The van der Waals surface area contributed by atoms with Crippen molar-refractivity contribution in [1.29, 1.82) is 0 Å². The molecule has 0 aliphatic carbocycles. The van der Waals surface area contributed by atoms with Crippen LogP contribution in [0.1, 0.15) is 24.5 Å². The molecule has 0 bridgehead atoms. The number of aryl methyl sites for hydroxylation is 1. The van der Waals surface area contributed by atoms with E-state index < -0.39 is 0 Å². The van der Waals surface area contributed by atoms with Crippen LogP contribution in [-0.2, 0) is 6.42 Å². The van der Waals surface area contributed by atoms with Crippen molar-refractivity contribution in [3.63, 3.8) is 0 Å². The Kier molecular flexibility index (Phi) is 4.69. The summed E-state index contributed by atoms with van der Waals surface area (Å²) in [5.74, 6) is 0.921. The average molecular weight is 192 g/mol. The van der Waals surface area contributed by atoms with Crippen LogP contribution in [0.25, 0.3) is 6.08 Å². The Hall–Kier alpha value is -0.690. The van der Waals surface area contributed by atoms with Crippen molar-refractivity contribution in [2.45, 2.75) is 19.8 Å². The molecule has 1 aromatic rings. The van der Waals surface area contributed by atoms with Gasteiger partial charge in [-0.15, -0.1) is 0 Å². The summed E-state index contributed by atoms with van der Waals surface area (Å²) in [4.78, 5) is 0. The summed E-state index contributed by atoms with van der Waals surface area (Å²) in [6.07, 6.45) is 6.51. The van der Waals surface area contributed by atoms with Gasteiger partial charge in [-0.2, -0.15) is 12.6 Å². The Labute approximate surface area is 86.1 Å². The van der Waals surface area contributed by atoms with Gasteiger partial charge in [0.15, 0.2) is 0 Å². The molecule has 0 nitrogen and oxygen atoms in total. The fourth-order valence-electron chi connectivity index (χ4n) is 1.30. The van der Waals surface area contributed by atoms with Gasteiger partial charge in [-0.05, 0) is 29.7 Å². The minimum absolute atomic E-state index is 0.921. The molecule has 0 aliphatic rings. The van der Waals surface area contributed by atoms with Gasteiger partial charge in [-0.3, -0.25) is 0 Å². The molecule has 0 saturated carbocycles. The van der Waals surface area contributed by atoms with Crippen molar-refractivity contribution < 1.29 is 0 Å². The van der Waals surface area contributed by atoms with Crippen LogP contribution in [0.2, 0.25) is 0 Å². The Bertz CT molecular complexity index is 276. The van der Waals surface area contributed by atoms with Gasteiger partial charge in [0.05, 0.1) is 0 Å². The number of hydrogen-bond donors (Lipinski definition) is 1. The topological polar surface area (TPSA) is 0 Å². The molecule has 0 atom stereocenters. The Balaban J connectivity index is 2.74. The molecule has 0 amide bonds. The molecule has 0 unspecified atom stereocenters. The smallest absolute Gasteiger partial charge is 0.00632 e. The fraction of sp³-hybridized carbons (Fsp3) is 0.333.